The summed E-state index contributed by atoms with van der Waals surface area (Å²) in [5, 5.41) is 0. The van der Waals surface area contributed by atoms with E-state index in [4.69, 9.17) is 9.47 Å². The molecule has 2 aromatic rings. The van der Waals surface area contributed by atoms with Crippen molar-refractivity contribution < 1.29 is 27.0 Å². The Kier molecular flexibility index (Phi) is 11.8. The molecule has 0 aromatic heterocycles. The summed E-state index contributed by atoms with van der Waals surface area (Å²) in [6.07, 6.45) is 17.7. The summed E-state index contributed by atoms with van der Waals surface area (Å²) in [5.74, 6) is -0.917. The third-order valence-corrected chi connectivity index (χ3v) is 10.8. The molecule has 0 saturated heterocycles. The Morgan fingerprint density at radius 2 is 1.25 bits per heavy atom. The fourth-order valence-electron chi connectivity index (χ4n) is 8.19. The molecule has 0 amide bonds. The summed E-state index contributed by atoms with van der Waals surface area (Å²) in [6, 6.07) is 6.88. The average Bonchev–Trinajstić information content (AvgIpc) is 3.05. The fourth-order valence-corrected chi connectivity index (χ4v) is 8.19. The SMILES string of the molecule is CC=CCCc1ccc(C2CCC(COC3CCC(C4CCC(c5ccc(OCC)c(F)c5F)CC4)CC3)CC2)c(F)c1F. The van der Waals surface area contributed by atoms with E-state index in [1.165, 1.54) is 12.8 Å². The van der Waals surface area contributed by atoms with E-state index in [-0.39, 0.29) is 17.6 Å². The lowest BCUT2D eigenvalue weighted by molar-refractivity contribution is -0.0149. The molecule has 0 heterocycles. The van der Waals surface area contributed by atoms with E-state index in [1.54, 1.807) is 25.1 Å². The van der Waals surface area contributed by atoms with Gasteiger partial charge in [0, 0.05) is 6.61 Å². The van der Waals surface area contributed by atoms with Crippen LogP contribution in [0.15, 0.2) is 36.4 Å². The summed E-state index contributed by atoms with van der Waals surface area (Å²) < 4.78 is 70.4. The molecule has 6 heteroatoms. The average molecular weight is 615 g/mol. The molecule has 242 valence electrons. The maximum Gasteiger partial charge on any atom is 0.200 e. The molecule has 2 aromatic carbocycles. The topological polar surface area (TPSA) is 18.5 Å². The maximum atomic E-state index is 14.9. The van der Waals surface area contributed by atoms with Gasteiger partial charge in [0.25, 0.3) is 0 Å². The van der Waals surface area contributed by atoms with Gasteiger partial charge in [-0.25, -0.2) is 13.2 Å². The largest absolute Gasteiger partial charge is 0.491 e. The molecular formula is C38H50F4O2. The van der Waals surface area contributed by atoms with Crippen molar-refractivity contribution in [1.82, 2.24) is 0 Å². The highest BCUT2D eigenvalue weighted by Crippen LogP contribution is 2.45. The van der Waals surface area contributed by atoms with Crippen LogP contribution in [-0.2, 0) is 11.2 Å². The van der Waals surface area contributed by atoms with Gasteiger partial charge >= 0.3 is 0 Å². The Bertz CT molecular complexity index is 1240. The Balaban J connectivity index is 1.01. The molecule has 0 bridgehead atoms. The first kappa shape index (κ1) is 33.0. The van der Waals surface area contributed by atoms with Crippen LogP contribution in [0, 0.1) is 41.0 Å². The highest BCUT2D eigenvalue weighted by Gasteiger charge is 2.34. The molecule has 5 rings (SSSR count). The van der Waals surface area contributed by atoms with Gasteiger partial charge in [-0.2, -0.15) is 4.39 Å². The molecule has 3 aliphatic rings. The second-order valence-electron chi connectivity index (χ2n) is 13.5. The molecule has 0 unspecified atom stereocenters. The molecule has 0 N–H and O–H groups in total. The zero-order chi connectivity index (χ0) is 31.1. The summed E-state index contributed by atoms with van der Waals surface area (Å²) in [7, 11) is 0. The van der Waals surface area contributed by atoms with Crippen LogP contribution in [0.5, 0.6) is 5.75 Å². The minimum Gasteiger partial charge on any atom is -0.491 e. The molecule has 3 saturated carbocycles. The third kappa shape index (κ3) is 7.89. The number of aryl methyl sites for hydroxylation is 1. The number of halogens is 4. The van der Waals surface area contributed by atoms with Crippen molar-refractivity contribution in [2.75, 3.05) is 13.2 Å². The first-order chi connectivity index (χ1) is 21.4. The lowest BCUT2D eigenvalue weighted by Crippen LogP contribution is -2.30. The van der Waals surface area contributed by atoms with Gasteiger partial charge in [0.05, 0.1) is 12.7 Å². The van der Waals surface area contributed by atoms with Gasteiger partial charge in [0.1, 0.15) is 0 Å². The van der Waals surface area contributed by atoms with Crippen molar-refractivity contribution >= 4 is 0 Å². The number of rotatable bonds is 11. The van der Waals surface area contributed by atoms with Gasteiger partial charge in [-0.1, -0.05) is 30.4 Å². The summed E-state index contributed by atoms with van der Waals surface area (Å²) in [5.41, 5.74) is 1.51. The van der Waals surface area contributed by atoms with E-state index >= 15 is 0 Å². The molecule has 0 radical (unpaired) electrons. The maximum absolute atomic E-state index is 14.9. The lowest BCUT2D eigenvalue weighted by Gasteiger charge is -2.38. The molecule has 3 fully saturated rings. The van der Waals surface area contributed by atoms with E-state index in [0.717, 1.165) is 77.2 Å². The Hall–Kier alpha value is -2.34. The predicted octanol–water partition coefficient (Wildman–Crippen LogP) is 11.0. The van der Waals surface area contributed by atoms with Crippen molar-refractivity contribution in [3.8, 4) is 5.75 Å². The number of hydrogen-bond acceptors (Lipinski definition) is 2. The van der Waals surface area contributed by atoms with Gasteiger partial charge in [-0.15, -0.1) is 0 Å². The van der Waals surface area contributed by atoms with Crippen LogP contribution >= 0.6 is 0 Å². The van der Waals surface area contributed by atoms with Crippen LogP contribution in [0.1, 0.15) is 126 Å². The Morgan fingerprint density at radius 1 is 0.682 bits per heavy atom. The third-order valence-electron chi connectivity index (χ3n) is 10.8. The van der Waals surface area contributed by atoms with Crippen molar-refractivity contribution in [1.29, 1.82) is 0 Å². The van der Waals surface area contributed by atoms with Crippen molar-refractivity contribution in [3.63, 3.8) is 0 Å². The molecule has 0 aliphatic heterocycles. The minimum absolute atomic E-state index is 0.00171. The predicted molar refractivity (Wildman–Crippen MR) is 168 cm³/mol. The van der Waals surface area contributed by atoms with Gasteiger partial charge < -0.3 is 9.47 Å². The highest BCUT2D eigenvalue weighted by atomic mass is 19.2. The first-order valence-electron chi connectivity index (χ1n) is 17.2. The summed E-state index contributed by atoms with van der Waals surface area (Å²) in [6.45, 7) is 4.77. The van der Waals surface area contributed by atoms with Crippen molar-refractivity contribution in [3.05, 3.63) is 76.4 Å². The van der Waals surface area contributed by atoms with Crippen molar-refractivity contribution in [2.24, 2.45) is 17.8 Å². The lowest BCUT2D eigenvalue weighted by atomic mass is 9.69. The Morgan fingerprint density at radius 3 is 1.86 bits per heavy atom. The number of benzene rings is 2. The van der Waals surface area contributed by atoms with E-state index in [0.29, 0.717) is 53.6 Å². The Labute approximate surface area is 261 Å². The molecule has 3 aliphatic carbocycles. The van der Waals surface area contributed by atoms with Crippen molar-refractivity contribution in [2.45, 2.75) is 122 Å². The first-order valence-corrected chi connectivity index (χ1v) is 17.2. The molecule has 0 spiro atoms. The zero-order valence-electron chi connectivity index (χ0n) is 26.6. The zero-order valence-corrected chi connectivity index (χ0v) is 26.6. The van der Waals surface area contributed by atoms with Gasteiger partial charge in [0.15, 0.2) is 23.2 Å². The highest BCUT2D eigenvalue weighted by molar-refractivity contribution is 5.33. The van der Waals surface area contributed by atoms with Gasteiger partial charge in [-0.05, 0) is 156 Å². The van der Waals surface area contributed by atoms with Gasteiger partial charge in [-0.3, -0.25) is 0 Å². The fraction of sp³-hybridized carbons (Fsp3) is 0.632. The standard InChI is InChI=1S/C38H50F4O2/c1-3-5-6-7-30-18-21-32(36(40)35(30)39)28-10-8-25(9-11-28)24-44-31-19-16-27(17-20-31)26-12-14-29(15-13-26)33-22-23-34(43-4-2)38(42)37(33)41/h3,5,18,21-23,25-29,31H,4,6-17,19-20,24H2,1-2H3. The summed E-state index contributed by atoms with van der Waals surface area (Å²) >= 11 is 0. The normalized spacial score (nSPS) is 28.0. The van der Waals surface area contributed by atoms with Gasteiger partial charge in [0.2, 0.25) is 5.82 Å². The molecule has 2 nitrogen and oxygen atoms in total. The summed E-state index contributed by atoms with van der Waals surface area (Å²) in [4.78, 5) is 0. The number of hydrogen-bond donors (Lipinski definition) is 0. The van der Waals surface area contributed by atoms with Crippen LogP contribution in [0.25, 0.3) is 0 Å². The van der Waals surface area contributed by atoms with E-state index in [9.17, 15) is 17.6 Å². The van der Waals surface area contributed by atoms with E-state index in [1.807, 2.05) is 25.1 Å². The number of allylic oxidation sites excluding steroid dienone is 2. The smallest absolute Gasteiger partial charge is 0.200 e. The van der Waals surface area contributed by atoms with Crippen LogP contribution in [-0.4, -0.2) is 19.3 Å². The van der Waals surface area contributed by atoms with E-state index < -0.39 is 23.3 Å². The second-order valence-corrected chi connectivity index (χ2v) is 13.5. The molecule has 44 heavy (non-hydrogen) atoms. The quantitative estimate of drug-likeness (QED) is 0.185. The molecular weight excluding hydrogens is 564 g/mol. The number of ether oxygens (including phenoxy) is 2. The minimum atomic E-state index is -0.858. The van der Waals surface area contributed by atoms with Crippen LogP contribution < -0.4 is 4.74 Å². The second kappa shape index (κ2) is 15.8. The molecule has 0 atom stereocenters. The van der Waals surface area contributed by atoms with Crippen LogP contribution in [0.3, 0.4) is 0 Å². The van der Waals surface area contributed by atoms with Crippen LogP contribution in [0.4, 0.5) is 17.6 Å². The van der Waals surface area contributed by atoms with Crippen LogP contribution in [0.2, 0.25) is 0 Å². The monoisotopic (exact) mass is 614 g/mol. The van der Waals surface area contributed by atoms with E-state index in [2.05, 4.69) is 0 Å².